The summed E-state index contributed by atoms with van der Waals surface area (Å²) in [6.45, 7) is 2.97. The molecule has 8 nitrogen and oxygen atoms in total. The Balaban J connectivity index is 1.36. The Morgan fingerprint density at radius 1 is 1.05 bits per heavy atom. The van der Waals surface area contributed by atoms with Crippen molar-refractivity contribution in [2.24, 2.45) is 0 Å². The van der Waals surface area contributed by atoms with Gasteiger partial charge < -0.3 is 19.1 Å². The smallest absolute Gasteiger partial charge is 0.335 e. The minimum atomic E-state index is -0.983. The molecule has 1 N–H and O–H groups in total. The largest absolute Gasteiger partial charge is 0.478 e. The van der Waals surface area contributed by atoms with Crippen molar-refractivity contribution in [1.82, 2.24) is 14.5 Å². The maximum absolute atomic E-state index is 14.3. The Bertz CT molecular complexity index is 1770. The average molecular weight is 551 g/mol. The zero-order valence-electron chi connectivity index (χ0n) is 22.6. The third kappa shape index (κ3) is 6.08. The van der Waals surface area contributed by atoms with Gasteiger partial charge in [0.15, 0.2) is 0 Å². The maximum Gasteiger partial charge on any atom is 0.335 e. The number of nitriles is 1. The Morgan fingerprint density at radius 2 is 1.85 bits per heavy atom. The molecule has 0 aliphatic heterocycles. The van der Waals surface area contributed by atoms with E-state index in [9.17, 15) is 14.3 Å². The highest BCUT2D eigenvalue weighted by atomic mass is 19.1. The Labute approximate surface area is 236 Å². The van der Waals surface area contributed by atoms with Crippen molar-refractivity contribution < 1.29 is 23.8 Å². The molecule has 0 amide bonds. The molecule has 5 aromatic rings. The van der Waals surface area contributed by atoms with Gasteiger partial charge >= 0.3 is 5.97 Å². The van der Waals surface area contributed by atoms with Gasteiger partial charge in [-0.25, -0.2) is 19.2 Å². The molecule has 206 valence electrons. The second kappa shape index (κ2) is 12.0. The Hall–Kier alpha value is -5.07. The molecule has 2 heterocycles. The number of aryl methyl sites for hydroxylation is 1. The molecule has 0 saturated carbocycles. The molecule has 5 rings (SSSR count). The van der Waals surface area contributed by atoms with Crippen molar-refractivity contribution in [3.63, 3.8) is 0 Å². The van der Waals surface area contributed by atoms with Gasteiger partial charge in [-0.05, 0) is 48.4 Å². The van der Waals surface area contributed by atoms with Crippen LogP contribution in [0.15, 0.2) is 72.8 Å². The number of carboxylic acid groups (broad SMARTS) is 1. The molecular formula is C32H27FN4O4. The van der Waals surface area contributed by atoms with Crippen LogP contribution in [0.5, 0.6) is 5.88 Å². The van der Waals surface area contributed by atoms with Crippen LogP contribution < -0.4 is 4.74 Å². The highest BCUT2D eigenvalue weighted by Crippen LogP contribution is 2.26. The first-order chi connectivity index (χ1) is 19.9. The molecule has 0 unspecified atom stereocenters. The number of fused-ring (bicyclic) bond motifs is 1. The number of aromatic nitrogens is 3. The number of methoxy groups -OCH3 is 1. The minimum Gasteiger partial charge on any atom is -0.478 e. The predicted octanol–water partition coefficient (Wildman–Crippen LogP) is 5.93. The monoisotopic (exact) mass is 550 g/mol. The number of benzene rings is 3. The molecule has 0 bridgehead atoms. The fourth-order valence-corrected chi connectivity index (χ4v) is 4.60. The van der Waals surface area contributed by atoms with Crippen molar-refractivity contribution >= 4 is 17.0 Å². The van der Waals surface area contributed by atoms with Crippen molar-refractivity contribution in [2.45, 2.75) is 26.5 Å². The average Bonchev–Trinajstić information content (AvgIpc) is 3.32. The van der Waals surface area contributed by atoms with Crippen molar-refractivity contribution in [1.29, 1.82) is 5.26 Å². The third-order valence-corrected chi connectivity index (χ3v) is 6.81. The van der Waals surface area contributed by atoms with Crippen molar-refractivity contribution in [3.05, 3.63) is 112 Å². The van der Waals surface area contributed by atoms with E-state index < -0.39 is 11.8 Å². The summed E-state index contributed by atoms with van der Waals surface area (Å²) < 4.78 is 27.3. The maximum atomic E-state index is 14.3. The van der Waals surface area contributed by atoms with Gasteiger partial charge in [0.2, 0.25) is 5.88 Å². The van der Waals surface area contributed by atoms with Gasteiger partial charge in [0.05, 0.1) is 40.5 Å². The van der Waals surface area contributed by atoms with Crippen molar-refractivity contribution in [2.75, 3.05) is 13.7 Å². The highest BCUT2D eigenvalue weighted by Gasteiger charge is 2.15. The predicted molar refractivity (Wildman–Crippen MR) is 151 cm³/mol. The van der Waals surface area contributed by atoms with Gasteiger partial charge in [-0.1, -0.05) is 36.4 Å². The number of carboxylic acids is 1. The summed E-state index contributed by atoms with van der Waals surface area (Å²) >= 11 is 0. The number of nitrogens with zero attached hydrogens (tertiary/aromatic N) is 4. The number of carbonyl (C=O) groups is 1. The zero-order chi connectivity index (χ0) is 28.9. The summed E-state index contributed by atoms with van der Waals surface area (Å²) in [5, 5.41) is 18.4. The lowest BCUT2D eigenvalue weighted by molar-refractivity contribution is 0.0697. The number of rotatable bonds is 10. The standard InChI is InChI=1S/C32H27FN4O4/c1-20-3-12-30(41-19-25-9-6-22(18-34)15-26(25)33)36-31(20)23-7-4-21(5-8-23)16-29-35-27-11-10-24(32(38)39)17-28(27)37(29)13-14-40-2/h3-12,15,17H,13-14,16,19H2,1-2H3,(H,38,39). The molecular weight excluding hydrogens is 523 g/mol. The fraction of sp³-hybridized carbons (Fsp3) is 0.188. The van der Waals surface area contributed by atoms with Crippen LogP contribution in [0.3, 0.4) is 0 Å². The van der Waals surface area contributed by atoms with Crippen LogP contribution in [0.2, 0.25) is 0 Å². The van der Waals surface area contributed by atoms with E-state index >= 15 is 0 Å². The molecule has 0 fully saturated rings. The molecule has 2 aromatic heterocycles. The molecule has 0 aliphatic carbocycles. The number of hydrogen-bond acceptors (Lipinski definition) is 6. The fourth-order valence-electron chi connectivity index (χ4n) is 4.60. The Morgan fingerprint density at radius 3 is 2.56 bits per heavy atom. The molecule has 0 radical (unpaired) electrons. The topological polar surface area (TPSA) is 110 Å². The van der Waals surface area contributed by atoms with Gasteiger partial charge in [0.1, 0.15) is 18.2 Å². The highest BCUT2D eigenvalue weighted by molar-refractivity contribution is 5.92. The van der Waals surface area contributed by atoms with Gasteiger partial charge in [-0.15, -0.1) is 0 Å². The van der Waals surface area contributed by atoms with Crippen LogP contribution >= 0.6 is 0 Å². The van der Waals surface area contributed by atoms with E-state index in [4.69, 9.17) is 19.7 Å². The van der Waals surface area contributed by atoms with Crippen LogP contribution in [-0.4, -0.2) is 39.3 Å². The van der Waals surface area contributed by atoms with Gasteiger partial charge in [-0.3, -0.25) is 0 Å². The first-order valence-corrected chi connectivity index (χ1v) is 13.0. The van der Waals surface area contributed by atoms with Gasteiger partial charge in [0.25, 0.3) is 0 Å². The number of imidazole rings is 1. The molecule has 0 spiro atoms. The van der Waals surface area contributed by atoms with Gasteiger partial charge in [-0.2, -0.15) is 5.26 Å². The quantitative estimate of drug-likeness (QED) is 0.229. The summed E-state index contributed by atoms with van der Waals surface area (Å²) in [6.07, 6.45) is 0.548. The first kappa shape index (κ1) is 27.5. The lowest BCUT2D eigenvalue weighted by Gasteiger charge is -2.12. The second-order valence-electron chi connectivity index (χ2n) is 9.58. The van der Waals surface area contributed by atoms with Crippen LogP contribution in [0.25, 0.3) is 22.3 Å². The van der Waals surface area contributed by atoms with E-state index in [-0.39, 0.29) is 17.7 Å². The molecule has 0 aliphatic rings. The van der Waals surface area contributed by atoms with Crippen LogP contribution in [-0.2, 0) is 24.3 Å². The minimum absolute atomic E-state index is 0.00991. The number of aromatic carboxylic acids is 1. The van der Waals surface area contributed by atoms with E-state index in [0.717, 1.165) is 39.2 Å². The summed E-state index contributed by atoms with van der Waals surface area (Å²) in [4.78, 5) is 20.9. The number of pyridine rings is 1. The SMILES string of the molecule is COCCn1c(Cc2ccc(-c3nc(OCc4ccc(C#N)cc4F)ccc3C)cc2)nc2ccc(C(=O)O)cc21. The van der Waals surface area contributed by atoms with Crippen molar-refractivity contribution in [3.8, 4) is 23.2 Å². The molecule has 0 atom stereocenters. The number of hydrogen-bond donors (Lipinski definition) is 1. The van der Waals surface area contributed by atoms with E-state index in [1.807, 2.05) is 47.9 Å². The molecule has 0 saturated heterocycles. The second-order valence-corrected chi connectivity index (χ2v) is 9.58. The zero-order valence-corrected chi connectivity index (χ0v) is 22.6. The lowest BCUT2D eigenvalue weighted by atomic mass is 10.0. The van der Waals surface area contributed by atoms with E-state index in [1.54, 1.807) is 37.4 Å². The van der Waals surface area contributed by atoms with E-state index in [1.165, 1.54) is 12.1 Å². The lowest BCUT2D eigenvalue weighted by Crippen LogP contribution is -2.09. The van der Waals surface area contributed by atoms with Gasteiger partial charge in [0, 0.05) is 37.3 Å². The summed E-state index contributed by atoms with van der Waals surface area (Å²) in [5.41, 5.74) is 5.94. The normalized spacial score (nSPS) is 11.0. The molecule has 9 heteroatoms. The van der Waals surface area contributed by atoms with Crippen LogP contribution in [0.1, 0.15) is 38.4 Å². The molecule has 3 aromatic carbocycles. The third-order valence-electron chi connectivity index (χ3n) is 6.81. The van der Waals surface area contributed by atoms with Crippen LogP contribution in [0.4, 0.5) is 4.39 Å². The summed E-state index contributed by atoms with van der Waals surface area (Å²) in [6, 6.07) is 22.8. The molecule has 41 heavy (non-hydrogen) atoms. The number of halogens is 1. The van der Waals surface area contributed by atoms with E-state index in [0.29, 0.717) is 31.0 Å². The summed E-state index contributed by atoms with van der Waals surface area (Å²) in [7, 11) is 1.63. The Kier molecular flexibility index (Phi) is 8.04. The van der Waals surface area contributed by atoms with E-state index in [2.05, 4.69) is 4.98 Å². The number of ether oxygens (including phenoxy) is 2. The first-order valence-electron chi connectivity index (χ1n) is 13.0. The summed E-state index contributed by atoms with van der Waals surface area (Å²) in [5.74, 6) is -0.300. The van der Waals surface area contributed by atoms with Crippen LogP contribution in [0, 0.1) is 24.1 Å².